The number of nitrogens with zero attached hydrogens (tertiary/aromatic N) is 3. The monoisotopic (exact) mass is 345 g/mol. The first-order chi connectivity index (χ1) is 11.6. The van der Waals surface area contributed by atoms with Crippen LogP contribution in [0.1, 0.15) is 20.7 Å². The first-order valence-corrected chi connectivity index (χ1v) is 7.93. The van der Waals surface area contributed by atoms with Crippen LogP contribution >= 0.6 is 11.6 Å². The Kier molecular flexibility index (Phi) is 4.66. The average molecular weight is 346 g/mol. The van der Waals surface area contributed by atoms with Gasteiger partial charge in [-0.15, -0.1) is 0 Å². The van der Waals surface area contributed by atoms with Gasteiger partial charge < -0.3 is 14.9 Å². The van der Waals surface area contributed by atoms with E-state index in [1.807, 2.05) is 4.90 Å². The van der Waals surface area contributed by atoms with Gasteiger partial charge in [0, 0.05) is 32.4 Å². The molecule has 0 aliphatic carbocycles. The van der Waals surface area contributed by atoms with Crippen molar-refractivity contribution in [2.45, 2.75) is 0 Å². The molecule has 1 aromatic carbocycles. The van der Waals surface area contributed by atoms with Crippen LogP contribution in [0.25, 0.3) is 0 Å². The third-order valence-electron chi connectivity index (χ3n) is 3.99. The van der Waals surface area contributed by atoms with Crippen LogP contribution in [0.15, 0.2) is 42.6 Å². The van der Waals surface area contributed by atoms with Crippen LogP contribution in [-0.2, 0) is 0 Å². The molecule has 0 radical (unpaired) electrons. The number of aromatic nitrogens is 1. The zero-order chi connectivity index (χ0) is 17.1. The second kappa shape index (κ2) is 6.88. The van der Waals surface area contributed by atoms with Crippen LogP contribution in [0.2, 0.25) is 5.02 Å². The zero-order valence-corrected chi connectivity index (χ0v) is 13.6. The fraction of sp³-hybridized carbons (Fsp3) is 0.235. The molecule has 124 valence electrons. The number of amides is 1. The summed E-state index contributed by atoms with van der Waals surface area (Å²) < 4.78 is 0. The van der Waals surface area contributed by atoms with Gasteiger partial charge in [-0.1, -0.05) is 23.7 Å². The van der Waals surface area contributed by atoms with Crippen LogP contribution in [-0.4, -0.2) is 53.0 Å². The Bertz CT molecular complexity index is 773. The highest BCUT2D eigenvalue weighted by Crippen LogP contribution is 2.21. The van der Waals surface area contributed by atoms with Gasteiger partial charge in [-0.2, -0.15) is 0 Å². The molecule has 24 heavy (non-hydrogen) atoms. The van der Waals surface area contributed by atoms with Gasteiger partial charge >= 0.3 is 5.97 Å². The third kappa shape index (κ3) is 3.19. The van der Waals surface area contributed by atoms with Gasteiger partial charge in [-0.05, 0) is 24.3 Å². The maximum Gasteiger partial charge on any atom is 0.339 e. The molecule has 3 rings (SSSR count). The predicted molar refractivity (Wildman–Crippen MR) is 90.8 cm³/mol. The second-order valence-electron chi connectivity index (χ2n) is 5.44. The van der Waals surface area contributed by atoms with Gasteiger partial charge in [-0.3, -0.25) is 4.79 Å². The fourth-order valence-electron chi connectivity index (χ4n) is 2.74. The zero-order valence-electron chi connectivity index (χ0n) is 12.9. The maximum absolute atomic E-state index is 12.6. The standard InChI is InChI=1S/C17H16ClN3O3/c18-14-6-2-1-4-12(14)16(22)21-10-8-20(9-11-21)15-13(17(23)24)5-3-7-19-15/h1-7H,8-11H2,(H,23,24). The highest BCUT2D eigenvalue weighted by Gasteiger charge is 2.26. The number of pyridine rings is 1. The van der Waals surface area contributed by atoms with Crippen molar-refractivity contribution < 1.29 is 14.7 Å². The van der Waals surface area contributed by atoms with E-state index in [4.69, 9.17) is 11.6 Å². The Morgan fingerprint density at radius 3 is 2.33 bits per heavy atom. The van der Waals surface area contributed by atoms with E-state index < -0.39 is 5.97 Å². The Morgan fingerprint density at radius 1 is 1.00 bits per heavy atom. The predicted octanol–water partition coefficient (Wildman–Crippen LogP) is 2.40. The van der Waals surface area contributed by atoms with Crippen LogP contribution in [0.3, 0.4) is 0 Å². The number of halogens is 1. The molecule has 1 aliphatic heterocycles. The summed E-state index contributed by atoms with van der Waals surface area (Å²) in [5.74, 6) is -0.678. The highest BCUT2D eigenvalue weighted by molar-refractivity contribution is 6.33. The molecule has 0 bridgehead atoms. The molecule has 1 amide bonds. The SMILES string of the molecule is O=C(O)c1cccnc1N1CCN(C(=O)c2ccccc2Cl)CC1. The van der Waals surface area contributed by atoms with E-state index in [1.54, 1.807) is 41.4 Å². The van der Waals surface area contributed by atoms with Crippen molar-refractivity contribution in [2.75, 3.05) is 31.1 Å². The van der Waals surface area contributed by atoms with E-state index in [1.165, 1.54) is 6.07 Å². The lowest BCUT2D eigenvalue weighted by Crippen LogP contribution is -2.49. The van der Waals surface area contributed by atoms with E-state index in [-0.39, 0.29) is 11.5 Å². The van der Waals surface area contributed by atoms with Gasteiger partial charge in [0.05, 0.1) is 10.6 Å². The molecule has 1 N–H and O–H groups in total. The van der Waals surface area contributed by atoms with Crippen molar-refractivity contribution in [3.8, 4) is 0 Å². The van der Waals surface area contributed by atoms with Gasteiger partial charge in [0.1, 0.15) is 11.4 Å². The molecule has 1 saturated heterocycles. The normalized spacial score (nSPS) is 14.5. The summed E-state index contributed by atoms with van der Waals surface area (Å²) in [7, 11) is 0. The summed E-state index contributed by atoms with van der Waals surface area (Å²) in [4.78, 5) is 31.7. The van der Waals surface area contributed by atoms with Gasteiger partial charge in [-0.25, -0.2) is 9.78 Å². The van der Waals surface area contributed by atoms with E-state index in [0.717, 1.165) is 0 Å². The molecule has 6 nitrogen and oxygen atoms in total. The van der Waals surface area contributed by atoms with Crippen molar-refractivity contribution in [1.29, 1.82) is 0 Å². The minimum atomic E-state index is -1.01. The molecule has 0 unspecified atom stereocenters. The van der Waals surface area contributed by atoms with Gasteiger partial charge in [0.25, 0.3) is 5.91 Å². The first kappa shape index (κ1) is 16.3. The van der Waals surface area contributed by atoms with Gasteiger partial charge in [0.2, 0.25) is 0 Å². The number of carboxylic acids is 1. The van der Waals surface area contributed by atoms with E-state index >= 15 is 0 Å². The second-order valence-corrected chi connectivity index (χ2v) is 5.85. The quantitative estimate of drug-likeness (QED) is 0.924. The van der Waals surface area contributed by atoms with Crippen molar-refractivity contribution >= 4 is 29.3 Å². The van der Waals surface area contributed by atoms with Crippen LogP contribution in [0.5, 0.6) is 0 Å². The molecule has 1 aliphatic rings. The molecule has 1 fully saturated rings. The topological polar surface area (TPSA) is 73.7 Å². The Labute approximate surface area is 144 Å². The lowest BCUT2D eigenvalue weighted by Gasteiger charge is -2.36. The van der Waals surface area contributed by atoms with Crippen molar-refractivity contribution in [3.63, 3.8) is 0 Å². The lowest BCUT2D eigenvalue weighted by molar-refractivity contribution is 0.0692. The summed E-state index contributed by atoms with van der Waals surface area (Å²) in [5, 5.41) is 9.70. The van der Waals surface area contributed by atoms with Crippen LogP contribution < -0.4 is 4.90 Å². The van der Waals surface area contributed by atoms with Crippen LogP contribution in [0.4, 0.5) is 5.82 Å². The Hall–Kier alpha value is -2.60. The summed E-state index contributed by atoms with van der Waals surface area (Å²) in [6, 6.07) is 10.1. The number of carbonyl (C=O) groups excluding carboxylic acids is 1. The van der Waals surface area contributed by atoms with Gasteiger partial charge in [0.15, 0.2) is 0 Å². The summed E-state index contributed by atoms with van der Waals surface area (Å²) >= 11 is 6.09. The minimum Gasteiger partial charge on any atom is -0.478 e. The number of hydrogen-bond donors (Lipinski definition) is 1. The van der Waals surface area contributed by atoms with Crippen molar-refractivity contribution in [2.24, 2.45) is 0 Å². The minimum absolute atomic E-state index is 0.111. The van der Waals surface area contributed by atoms with E-state index in [0.29, 0.717) is 42.6 Å². The molecule has 0 spiro atoms. The average Bonchev–Trinajstić information content (AvgIpc) is 2.62. The number of anilines is 1. The number of carbonyl (C=O) groups is 2. The summed E-state index contributed by atoms with van der Waals surface area (Å²) in [6.07, 6.45) is 1.57. The number of aromatic carboxylic acids is 1. The summed E-state index contributed by atoms with van der Waals surface area (Å²) in [6.45, 7) is 2.01. The first-order valence-electron chi connectivity index (χ1n) is 7.55. The lowest BCUT2D eigenvalue weighted by atomic mass is 10.1. The fourth-order valence-corrected chi connectivity index (χ4v) is 2.96. The molecule has 0 saturated carbocycles. The third-order valence-corrected chi connectivity index (χ3v) is 4.32. The number of piperazine rings is 1. The van der Waals surface area contributed by atoms with E-state index in [9.17, 15) is 14.7 Å². The Balaban J connectivity index is 1.72. The molecular weight excluding hydrogens is 330 g/mol. The van der Waals surface area contributed by atoms with Crippen LogP contribution in [0, 0.1) is 0 Å². The van der Waals surface area contributed by atoms with E-state index in [2.05, 4.69) is 4.98 Å². The molecule has 2 aromatic rings. The highest BCUT2D eigenvalue weighted by atomic mass is 35.5. The number of carboxylic acid groups (broad SMARTS) is 1. The largest absolute Gasteiger partial charge is 0.478 e. The molecule has 1 aromatic heterocycles. The number of hydrogen-bond acceptors (Lipinski definition) is 4. The molecular formula is C17H16ClN3O3. The van der Waals surface area contributed by atoms with Crippen molar-refractivity contribution in [3.05, 3.63) is 58.7 Å². The number of benzene rings is 1. The molecule has 2 heterocycles. The summed E-state index contributed by atoms with van der Waals surface area (Å²) in [5.41, 5.74) is 0.653. The van der Waals surface area contributed by atoms with Crippen molar-refractivity contribution in [1.82, 2.24) is 9.88 Å². The molecule has 7 heteroatoms. The molecule has 0 atom stereocenters. The Morgan fingerprint density at radius 2 is 1.67 bits per heavy atom. The maximum atomic E-state index is 12.6. The smallest absolute Gasteiger partial charge is 0.339 e. The number of rotatable bonds is 3.